The molecule has 1 heterocycles. The minimum atomic E-state index is -0.176. The van der Waals surface area contributed by atoms with Gasteiger partial charge in [-0.2, -0.15) is 0 Å². The predicted octanol–water partition coefficient (Wildman–Crippen LogP) is 3.26. The second kappa shape index (κ2) is 8.35. The number of rotatable bonds is 6. The first-order valence-corrected chi connectivity index (χ1v) is 9.19. The van der Waals surface area contributed by atoms with Crippen LogP contribution in [0, 0.1) is 6.92 Å². The minimum Gasteiger partial charge on any atom is -0.350 e. The number of H-pyrrole nitrogens is 1. The van der Waals surface area contributed by atoms with Crippen LogP contribution in [0.3, 0.4) is 0 Å². The number of aromatic amines is 1. The largest absolute Gasteiger partial charge is 0.350 e. The number of hydrogen-bond donors (Lipinski definition) is 2. The number of benzene rings is 1. The fraction of sp³-hybridized carbons (Fsp3) is 0.353. The lowest BCUT2D eigenvalue weighted by Gasteiger charge is -2.14. The van der Waals surface area contributed by atoms with Crippen LogP contribution in [0.15, 0.2) is 34.2 Å². The Bertz CT molecular complexity index is 774. The van der Waals surface area contributed by atoms with Gasteiger partial charge in [-0.1, -0.05) is 35.5 Å². The van der Waals surface area contributed by atoms with Crippen molar-refractivity contribution in [3.05, 3.63) is 56.5 Å². The summed E-state index contributed by atoms with van der Waals surface area (Å²) in [5.74, 6) is -0.106. The summed E-state index contributed by atoms with van der Waals surface area (Å²) in [4.78, 5) is 31.2. The molecule has 1 unspecified atom stereocenters. The lowest BCUT2D eigenvalue weighted by Crippen LogP contribution is -2.28. The molecule has 2 aromatic rings. The van der Waals surface area contributed by atoms with Gasteiger partial charge in [0, 0.05) is 22.7 Å². The first-order valence-electron chi connectivity index (χ1n) is 7.59. The summed E-state index contributed by atoms with van der Waals surface area (Å²) in [6, 6.07) is 7.23. The molecule has 2 N–H and O–H groups in total. The van der Waals surface area contributed by atoms with Gasteiger partial charge in [-0.25, -0.2) is 4.98 Å². The Morgan fingerprint density at radius 2 is 2.04 bits per heavy atom. The van der Waals surface area contributed by atoms with E-state index in [1.807, 2.05) is 25.3 Å². The zero-order chi connectivity index (χ0) is 17.7. The third kappa shape index (κ3) is 4.85. The van der Waals surface area contributed by atoms with Crippen LogP contribution >= 0.6 is 23.4 Å². The summed E-state index contributed by atoms with van der Waals surface area (Å²) in [6.07, 6.45) is 2.45. The van der Waals surface area contributed by atoms with Crippen LogP contribution in [0.2, 0.25) is 5.02 Å². The van der Waals surface area contributed by atoms with E-state index in [1.54, 1.807) is 19.1 Å². The van der Waals surface area contributed by atoms with Crippen LogP contribution < -0.4 is 10.9 Å². The molecule has 1 aromatic heterocycles. The van der Waals surface area contributed by atoms with Crippen molar-refractivity contribution in [3.8, 4) is 0 Å². The summed E-state index contributed by atoms with van der Waals surface area (Å²) in [5.41, 5.74) is 2.03. The van der Waals surface area contributed by atoms with Crippen molar-refractivity contribution in [1.82, 2.24) is 15.3 Å². The van der Waals surface area contributed by atoms with Gasteiger partial charge in [0.25, 0.3) is 5.56 Å². The SMILES string of the molecule is CSc1nc(C)c(CCC(=O)NC(C)c2ccc(Cl)cc2)c(=O)[nH]1. The summed E-state index contributed by atoms with van der Waals surface area (Å²) in [7, 11) is 0. The molecule has 0 aliphatic carbocycles. The number of carbonyl (C=O) groups excluding carboxylic acids is 1. The van der Waals surface area contributed by atoms with Crippen LogP contribution in [0.25, 0.3) is 0 Å². The first kappa shape index (κ1) is 18.5. The van der Waals surface area contributed by atoms with Gasteiger partial charge >= 0.3 is 0 Å². The molecule has 0 radical (unpaired) electrons. The van der Waals surface area contributed by atoms with Crippen molar-refractivity contribution in [3.63, 3.8) is 0 Å². The molecule has 0 spiro atoms. The smallest absolute Gasteiger partial charge is 0.254 e. The number of halogens is 1. The second-order valence-corrected chi connectivity index (χ2v) is 6.71. The average Bonchev–Trinajstić information content (AvgIpc) is 2.54. The van der Waals surface area contributed by atoms with E-state index < -0.39 is 0 Å². The highest BCUT2D eigenvalue weighted by atomic mass is 35.5. The first-order chi connectivity index (χ1) is 11.4. The van der Waals surface area contributed by atoms with Crippen molar-refractivity contribution in [2.24, 2.45) is 0 Å². The van der Waals surface area contributed by atoms with Gasteiger partial charge in [-0.15, -0.1) is 0 Å². The molecule has 1 aromatic carbocycles. The third-order valence-electron chi connectivity index (χ3n) is 3.74. The van der Waals surface area contributed by atoms with Gasteiger partial charge < -0.3 is 10.3 Å². The van der Waals surface area contributed by atoms with Gasteiger partial charge in [0.05, 0.1) is 6.04 Å². The molecule has 1 amide bonds. The molecule has 128 valence electrons. The van der Waals surface area contributed by atoms with Crippen molar-refractivity contribution >= 4 is 29.3 Å². The van der Waals surface area contributed by atoms with Gasteiger partial charge in [0.1, 0.15) is 0 Å². The zero-order valence-corrected chi connectivity index (χ0v) is 15.4. The number of nitrogens with one attached hydrogen (secondary N) is 2. The van der Waals surface area contributed by atoms with E-state index in [0.29, 0.717) is 27.9 Å². The molecule has 0 aliphatic heterocycles. The lowest BCUT2D eigenvalue weighted by molar-refractivity contribution is -0.121. The molecule has 7 heteroatoms. The van der Waals surface area contributed by atoms with E-state index in [2.05, 4.69) is 15.3 Å². The fourth-order valence-corrected chi connectivity index (χ4v) is 2.91. The third-order valence-corrected chi connectivity index (χ3v) is 4.58. The number of aromatic nitrogens is 2. The van der Waals surface area contributed by atoms with Crippen LogP contribution in [0.1, 0.15) is 36.2 Å². The van der Waals surface area contributed by atoms with Gasteiger partial charge in [-0.05, 0) is 44.2 Å². The second-order valence-electron chi connectivity index (χ2n) is 5.48. The van der Waals surface area contributed by atoms with E-state index in [0.717, 1.165) is 5.56 Å². The molecule has 2 rings (SSSR count). The highest BCUT2D eigenvalue weighted by molar-refractivity contribution is 7.98. The van der Waals surface area contributed by atoms with Gasteiger partial charge in [0.2, 0.25) is 5.91 Å². The Hall–Kier alpha value is -1.79. The maximum Gasteiger partial charge on any atom is 0.254 e. The van der Waals surface area contributed by atoms with Crippen LogP contribution in [0.5, 0.6) is 0 Å². The van der Waals surface area contributed by atoms with Crippen LogP contribution in [0.4, 0.5) is 0 Å². The van der Waals surface area contributed by atoms with Crippen molar-refractivity contribution in [2.75, 3.05) is 6.26 Å². The molecule has 0 fully saturated rings. The number of amides is 1. The van der Waals surface area contributed by atoms with Crippen molar-refractivity contribution in [1.29, 1.82) is 0 Å². The monoisotopic (exact) mass is 365 g/mol. The topological polar surface area (TPSA) is 74.8 Å². The Labute approximate surface area is 150 Å². The van der Waals surface area contributed by atoms with E-state index in [-0.39, 0.29) is 23.9 Å². The average molecular weight is 366 g/mol. The Morgan fingerprint density at radius 3 is 2.62 bits per heavy atom. The number of nitrogens with zero attached hydrogens (tertiary/aromatic N) is 1. The molecule has 0 aliphatic rings. The number of thioether (sulfide) groups is 1. The molecular formula is C17H20ClN3O2S. The lowest BCUT2D eigenvalue weighted by atomic mass is 10.1. The molecule has 0 saturated heterocycles. The predicted molar refractivity (Wildman–Crippen MR) is 97.7 cm³/mol. The van der Waals surface area contributed by atoms with E-state index in [1.165, 1.54) is 11.8 Å². The maximum absolute atomic E-state index is 12.1. The molecule has 0 bridgehead atoms. The highest BCUT2D eigenvalue weighted by Crippen LogP contribution is 2.16. The number of carbonyl (C=O) groups is 1. The Morgan fingerprint density at radius 1 is 1.38 bits per heavy atom. The van der Waals surface area contributed by atoms with Crippen molar-refractivity contribution < 1.29 is 4.79 Å². The summed E-state index contributed by atoms with van der Waals surface area (Å²) < 4.78 is 0. The zero-order valence-electron chi connectivity index (χ0n) is 13.9. The highest BCUT2D eigenvalue weighted by Gasteiger charge is 2.13. The summed E-state index contributed by atoms with van der Waals surface area (Å²) in [6.45, 7) is 3.70. The number of hydrogen-bond acceptors (Lipinski definition) is 4. The minimum absolute atomic E-state index is 0.106. The van der Waals surface area contributed by atoms with Gasteiger partial charge in [-0.3, -0.25) is 9.59 Å². The van der Waals surface area contributed by atoms with Gasteiger partial charge in [0.15, 0.2) is 5.16 Å². The maximum atomic E-state index is 12.1. The van der Waals surface area contributed by atoms with Crippen LogP contribution in [-0.2, 0) is 11.2 Å². The van der Waals surface area contributed by atoms with E-state index in [4.69, 9.17) is 11.6 Å². The fourth-order valence-electron chi connectivity index (χ4n) is 2.36. The molecule has 0 saturated carbocycles. The molecule has 1 atom stereocenters. The Balaban J connectivity index is 1.96. The molecule has 24 heavy (non-hydrogen) atoms. The summed E-state index contributed by atoms with van der Waals surface area (Å²) in [5, 5.41) is 4.17. The molecular weight excluding hydrogens is 346 g/mol. The quantitative estimate of drug-likeness (QED) is 0.608. The number of aryl methyl sites for hydroxylation is 1. The van der Waals surface area contributed by atoms with Crippen molar-refractivity contribution in [2.45, 2.75) is 37.9 Å². The standard InChI is InChI=1S/C17H20ClN3O2S/c1-10(12-4-6-13(18)7-5-12)19-15(22)9-8-14-11(2)20-17(24-3)21-16(14)23/h4-7,10H,8-9H2,1-3H3,(H,19,22)(H,20,21,23). The Kier molecular flexibility index (Phi) is 6.45. The normalized spacial score (nSPS) is 12.0. The van der Waals surface area contributed by atoms with E-state index >= 15 is 0 Å². The van der Waals surface area contributed by atoms with E-state index in [9.17, 15) is 9.59 Å². The molecule has 5 nitrogen and oxygen atoms in total. The summed E-state index contributed by atoms with van der Waals surface area (Å²) >= 11 is 7.25. The van der Waals surface area contributed by atoms with Crippen LogP contribution in [-0.4, -0.2) is 22.1 Å².